The van der Waals surface area contributed by atoms with E-state index in [2.05, 4.69) is 22.6 Å². The topological polar surface area (TPSA) is 80.8 Å². The minimum absolute atomic E-state index is 0.00715. The lowest BCUT2D eigenvalue weighted by Gasteiger charge is -2.52. The van der Waals surface area contributed by atoms with Crippen molar-refractivity contribution in [2.75, 3.05) is 67.7 Å². The van der Waals surface area contributed by atoms with Crippen LogP contribution < -0.4 is 4.74 Å². The molecule has 5 unspecified atom stereocenters. The monoisotopic (exact) mass is 792 g/mol. The number of carbonyl (C=O) groups excluding carboxylic acids is 2. The fourth-order valence-electron chi connectivity index (χ4n) is 9.83. The molecule has 0 spiro atoms. The molecule has 312 valence electrons. The van der Waals surface area contributed by atoms with Crippen LogP contribution in [0.5, 0.6) is 5.75 Å². The summed E-state index contributed by atoms with van der Waals surface area (Å²) in [7, 11) is 5.40. The molecule has 4 aliphatic rings. The molecule has 5 rings (SSSR count). The molecular weight excluding hydrogens is 732 g/mol. The number of benzene rings is 1. The summed E-state index contributed by atoms with van der Waals surface area (Å²) >= 11 is 0. The van der Waals surface area contributed by atoms with Crippen LogP contribution in [0.3, 0.4) is 0 Å². The van der Waals surface area contributed by atoms with Crippen LogP contribution in [0.2, 0.25) is 0 Å². The number of nitrogens with zero attached hydrogens (tertiary/aromatic N) is 3. The Bertz CT molecular complexity index is 1490. The van der Waals surface area contributed by atoms with Crippen LogP contribution in [0.1, 0.15) is 90.1 Å². The van der Waals surface area contributed by atoms with Gasteiger partial charge in [-0.1, -0.05) is 13.0 Å². The molecule has 3 aliphatic carbocycles. The Morgan fingerprint density at radius 3 is 2.49 bits per heavy atom. The van der Waals surface area contributed by atoms with E-state index >= 15 is 0 Å². The number of aryl methyl sites for hydroxylation is 1. The molecule has 1 saturated heterocycles. The predicted molar refractivity (Wildman–Crippen MR) is 194 cm³/mol. The summed E-state index contributed by atoms with van der Waals surface area (Å²) in [5.41, 5.74) is -1.81. The second-order valence-electron chi connectivity index (χ2n) is 16.7. The number of amides is 1. The SMILES string of the molecule is [2H]COC1CC(COCCCC(=O)Oc2ccc3c(c2)CCC2C3CC[C@@]3(C)C2CC[C@@H]3N(C)C(=O)CN(C)CCCOC(C)(C(F)(F)F)C(F)(F)F)N(C)C1. The van der Waals surface area contributed by atoms with E-state index < -0.39 is 24.6 Å². The molecule has 7 atom stereocenters. The molecule has 3 fully saturated rings. The van der Waals surface area contributed by atoms with Gasteiger partial charge in [-0.15, -0.1) is 0 Å². The number of hydrogen-bond donors (Lipinski definition) is 0. The van der Waals surface area contributed by atoms with Gasteiger partial charge in [-0.05, 0) is 125 Å². The van der Waals surface area contributed by atoms with E-state index in [0.29, 0.717) is 43.1 Å². The highest BCUT2D eigenvalue weighted by molar-refractivity contribution is 5.78. The number of halogens is 6. The number of ether oxygens (including phenoxy) is 4. The number of carbonyl (C=O) groups is 2. The van der Waals surface area contributed by atoms with Gasteiger partial charge in [0.2, 0.25) is 5.91 Å². The van der Waals surface area contributed by atoms with Crippen molar-refractivity contribution in [3.63, 3.8) is 0 Å². The van der Waals surface area contributed by atoms with Crippen molar-refractivity contribution < 1.29 is 56.2 Å². The number of methoxy groups -OCH3 is 1. The molecule has 0 bridgehead atoms. The summed E-state index contributed by atoms with van der Waals surface area (Å²) < 4.78 is 107. The number of rotatable bonds is 16. The van der Waals surface area contributed by atoms with E-state index in [4.69, 9.17) is 15.6 Å². The van der Waals surface area contributed by atoms with Crippen LogP contribution in [0.15, 0.2) is 18.2 Å². The second kappa shape index (κ2) is 17.6. The average Bonchev–Trinajstić information content (AvgIpc) is 3.66. The van der Waals surface area contributed by atoms with Gasteiger partial charge in [-0.3, -0.25) is 19.4 Å². The zero-order chi connectivity index (χ0) is 41.1. The third-order valence-electron chi connectivity index (χ3n) is 13.2. The van der Waals surface area contributed by atoms with E-state index in [0.717, 1.165) is 51.5 Å². The van der Waals surface area contributed by atoms with E-state index in [1.165, 1.54) is 11.1 Å². The lowest BCUT2D eigenvalue weighted by molar-refractivity contribution is -0.374. The van der Waals surface area contributed by atoms with E-state index in [-0.39, 0.29) is 75.4 Å². The van der Waals surface area contributed by atoms with Crippen molar-refractivity contribution >= 4 is 11.9 Å². The van der Waals surface area contributed by atoms with Gasteiger partial charge in [0, 0.05) is 58.9 Å². The maximum Gasteiger partial charge on any atom is 0.426 e. The maximum atomic E-state index is 13.4. The van der Waals surface area contributed by atoms with Crippen LogP contribution in [-0.4, -0.2) is 130 Å². The third-order valence-corrected chi connectivity index (χ3v) is 13.2. The Hall–Kier alpha value is -2.46. The van der Waals surface area contributed by atoms with Crippen molar-refractivity contribution in [3.05, 3.63) is 29.3 Å². The Kier molecular flexibility index (Phi) is 13.5. The number of hydrogen-bond acceptors (Lipinski definition) is 8. The van der Waals surface area contributed by atoms with Gasteiger partial charge in [0.05, 0.1) is 20.6 Å². The first-order chi connectivity index (χ1) is 26.3. The largest absolute Gasteiger partial charge is 0.427 e. The van der Waals surface area contributed by atoms with E-state index in [1.807, 2.05) is 24.1 Å². The van der Waals surface area contributed by atoms with E-state index in [1.54, 1.807) is 19.0 Å². The molecule has 0 aromatic heterocycles. The molecule has 15 heteroatoms. The molecule has 1 aliphatic heterocycles. The first-order valence-electron chi connectivity index (χ1n) is 20.2. The van der Waals surface area contributed by atoms with Gasteiger partial charge in [-0.2, -0.15) is 26.3 Å². The number of likely N-dealkylation sites (N-methyl/N-ethyl adjacent to an activating group) is 3. The average molecular weight is 793 g/mol. The van der Waals surface area contributed by atoms with Crippen molar-refractivity contribution in [1.29, 1.82) is 0 Å². The summed E-state index contributed by atoms with van der Waals surface area (Å²) in [6.45, 7) is 3.42. The number of fused-ring (bicyclic) bond motifs is 5. The summed E-state index contributed by atoms with van der Waals surface area (Å²) in [6.07, 6.45) is -3.93. The van der Waals surface area contributed by atoms with E-state index in [9.17, 15) is 35.9 Å². The summed E-state index contributed by atoms with van der Waals surface area (Å²) in [5, 5.41) is 0. The zero-order valence-electron chi connectivity index (χ0n) is 33.8. The van der Waals surface area contributed by atoms with Crippen molar-refractivity contribution in [1.82, 2.24) is 14.7 Å². The van der Waals surface area contributed by atoms with Crippen LogP contribution in [-0.2, 0) is 30.2 Å². The third kappa shape index (κ3) is 9.64. The standard InChI is InChI=1S/C40H59F6N3O6/c1-37-17-16-31-30-13-11-28(55-36(51)9-7-19-53-25-27-22-29(52-6)23-48(27)4)21-26(30)10-12-32(31)33(37)14-15-34(37)49(5)35(50)24-47(3)18-8-20-54-38(2,39(41,42)43)40(44,45)46/h11,13,21,27,29,31-34H,7-10,12,14-20,22-25H2,1-6H3/t27?,29?,31?,32?,33?,34-,37-/m0/s1/i6D. The van der Waals surface area contributed by atoms with Gasteiger partial charge in [0.25, 0.3) is 5.60 Å². The van der Waals surface area contributed by atoms with Gasteiger partial charge in [0.15, 0.2) is 0 Å². The molecule has 2 saturated carbocycles. The van der Waals surface area contributed by atoms with Crippen LogP contribution >= 0.6 is 0 Å². The highest BCUT2D eigenvalue weighted by Gasteiger charge is 2.69. The molecule has 9 nitrogen and oxygen atoms in total. The predicted octanol–water partition coefficient (Wildman–Crippen LogP) is 7.01. The lowest BCUT2D eigenvalue weighted by Crippen LogP contribution is -2.56. The normalized spacial score (nSPS) is 28.8. The molecule has 1 aromatic rings. The molecule has 1 aromatic carbocycles. The Labute approximate surface area is 322 Å². The summed E-state index contributed by atoms with van der Waals surface area (Å²) in [6, 6.07) is 6.29. The molecule has 55 heavy (non-hydrogen) atoms. The van der Waals surface area contributed by atoms with Crippen molar-refractivity contribution in [2.45, 2.75) is 120 Å². The Morgan fingerprint density at radius 2 is 1.78 bits per heavy atom. The zero-order valence-corrected chi connectivity index (χ0v) is 32.8. The fraction of sp³-hybridized carbons (Fsp3) is 0.800. The molecule has 0 radical (unpaired) electrons. The van der Waals surface area contributed by atoms with Gasteiger partial charge in [0.1, 0.15) is 5.75 Å². The first kappa shape index (κ1) is 42.2. The maximum absolute atomic E-state index is 13.4. The minimum atomic E-state index is -5.61. The second-order valence-corrected chi connectivity index (χ2v) is 16.7. The van der Waals surface area contributed by atoms with Gasteiger partial charge >= 0.3 is 18.3 Å². The summed E-state index contributed by atoms with van der Waals surface area (Å²) in [5.74, 6) is 1.40. The molecule has 0 N–H and O–H groups in total. The van der Waals surface area contributed by atoms with Gasteiger partial charge < -0.3 is 23.8 Å². The van der Waals surface area contributed by atoms with Crippen molar-refractivity contribution in [3.8, 4) is 5.75 Å². The highest BCUT2D eigenvalue weighted by Crippen LogP contribution is 2.62. The molecular formula is C40H59F6N3O6. The van der Waals surface area contributed by atoms with Crippen LogP contribution in [0, 0.1) is 17.3 Å². The fourth-order valence-corrected chi connectivity index (χ4v) is 9.83. The van der Waals surface area contributed by atoms with Gasteiger partial charge in [-0.25, -0.2) is 0 Å². The molecule has 1 heterocycles. The Morgan fingerprint density at radius 1 is 1.04 bits per heavy atom. The quantitative estimate of drug-likeness (QED) is 0.0766. The number of esters is 1. The Balaban J connectivity index is 1.06. The van der Waals surface area contributed by atoms with Crippen molar-refractivity contribution in [2.24, 2.45) is 17.3 Å². The molecule has 1 amide bonds. The van der Waals surface area contributed by atoms with Crippen LogP contribution in [0.25, 0.3) is 0 Å². The summed E-state index contributed by atoms with van der Waals surface area (Å²) in [4.78, 5) is 31.7. The number of likely N-dealkylation sites (tertiary alicyclic amines) is 1. The minimum Gasteiger partial charge on any atom is -0.427 e. The highest BCUT2D eigenvalue weighted by atomic mass is 19.4. The van der Waals surface area contributed by atoms with Crippen LogP contribution in [0.4, 0.5) is 26.3 Å². The first-order valence-corrected chi connectivity index (χ1v) is 19.5. The lowest BCUT2D eigenvalue weighted by atomic mass is 9.55. The number of alkyl halides is 6. The smallest absolute Gasteiger partial charge is 0.426 e.